The minimum absolute atomic E-state index is 0.000924. The van der Waals surface area contributed by atoms with E-state index in [-0.39, 0.29) is 23.7 Å². The van der Waals surface area contributed by atoms with Gasteiger partial charge in [-0.1, -0.05) is 32.1 Å². The highest BCUT2D eigenvalue weighted by molar-refractivity contribution is 6.00. The molecule has 1 aromatic heterocycles. The summed E-state index contributed by atoms with van der Waals surface area (Å²) in [5.74, 6) is -0.325. The minimum Gasteiger partial charge on any atom is -0.397 e. The van der Waals surface area contributed by atoms with Crippen molar-refractivity contribution in [1.82, 2.24) is 14.7 Å². The molecule has 1 aliphatic carbocycles. The van der Waals surface area contributed by atoms with Gasteiger partial charge in [-0.05, 0) is 60.6 Å². The van der Waals surface area contributed by atoms with Crippen LogP contribution in [0.4, 0.5) is 18.9 Å². The van der Waals surface area contributed by atoms with E-state index in [0.717, 1.165) is 17.8 Å². The largest absolute Gasteiger partial charge is 0.416 e. The van der Waals surface area contributed by atoms with Gasteiger partial charge in [0.25, 0.3) is 5.91 Å². The number of carbonyl (C=O) groups is 2. The molecule has 2 aromatic carbocycles. The van der Waals surface area contributed by atoms with Gasteiger partial charge in [0.15, 0.2) is 5.78 Å². The van der Waals surface area contributed by atoms with Gasteiger partial charge in [0, 0.05) is 25.6 Å². The molecule has 1 heterocycles. The van der Waals surface area contributed by atoms with Crippen LogP contribution in [0.15, 0.2) is 55.1 Å². The number of Topliss-reactive ketones (excluding diaryl/α,β-unsaturated/α-hetero) is 1. The molecular formula is C29H31F3N4O2. The van der Waals surface area contributed by atoms with Crippen LogP contribution in [0, 0.1) is 5.41 Å². The summed E-state index contributed by atoms with van der Waals surface area (Å²) < 4.78 is 40.9. The van der Waals surface area contributed by atoms with Crippen molar-refractivity contribution in [2.45, 2.75) is 52.3 Å². The fourth-order valence-corrected chi connectivity index (χ4v) is 4.93. The van der Waals surface area contributed by atoms with Crippen molar-refractivity contribution >= 4 is 17.4 Å². The summed E-state index contributed by atoms with van der Waals surface area (Å²) in [5.41, 5.74) is 9.09. The highest BCUT2D eigenvalue weighted by Crippen LogP contribution is 2.38. The average Bonchev–Trinajstić information content (AvgIpc) is 3.18. The standard InChI is InChI=1S/C29H31F3N4O2/c1-5-6-10-22-26-24(15-28(2,3)16-25(26)37)36(34-22)23-12-11-19(14-21(23)33)27(38)35(4)17-18-8-7-9-20(13-18)29(30,31)32/h5,7-9,11-14H,1,6,10,15-17,33H2,2-4H3. The molecule has 0 saturated carbocycles. The van der Waals surface area contributed by atoms with Gasteiger partial charge in [-0.2, -0.15) is 18.3 Å². The fraction of sp³-hybridized carbons (Fsp3) is 0.345. The Kier molecular flexibility index (Phi) is 7.23. The molecule has 1 aliphatic rings. The topological polar surface area (TPSA) is 81.2 Å². The molecule has 0 fully saturated rings. The van der Waals surface area contributed by atoms with Crippen LogP contribution in [0.3, 0.4) is 0 Å². The number of nitrogens with two attached hydrogens (primary N) is 1. The normalized spacial score (nSPS) is 14.7. The van der Waals surface area contributed by atoms with Crippen LogP contribution in [0.25, 0.3) is 5.69 Å². The molecule has 3 aromatic rings. The summed E-state index contributed by atoms with van der Waals surface area (Å²) in [6, 6.07) is 9.74. The first-order chi connectivity index (χ1) is 17.8. The Balaban J connectivity index is 1.63. The molecule has 0 saturated heterocycles. The van der Waals surface area contributed by atoms with E-state index in [1.165, 1.54) is 24.1 Å². The summed E-state index contributed by atoms with van der Waals surface area (Å²) in [6.45, 7) is 7.85. The Morgan fingerprint density at radius 2 is 1.95 bits per heavy atom. The van der Waals surface area contributed by atoms with E-state index in [9.17, 15) is 22.8 Å². The van der Waals surface area contributed by atoms with E-state index in [2.05, 4.69) is 6.58 Å². The third-order valence-electron chi connectivity index (χ3n) is 6.73. The highest BCUT2D eigenvalue weighted by Gasteiger charge is 2.37. The van der Waals surface area contributed by atoms with Crippen LogP contribution in [-0.4, -0.2) is 33.4 Å². The number of anilines is 1. The third-order valence-corrected chi connectivity index (χ3v) is 6.73. The Hall–Kier alpha value is -3.88. The number of aryl methyl sites for hydroxylation is 1. The van der Waals surface area contributed by atoms with Gasteiger partial charge in [-0.3, -0.25) is 9.59 Å². The number of rotatable bonds is 7. The molecule has 9 heteroatoms. The number of hydrogen-bond donors (Lipinski definition) is 1. The number of nitrogen functional groups attached to an aromatic ring is 1. The minimum atomic E-state index is -4.46. The van der Waals surface area contributed by atoms with Crippen LogP contribution in [0.5, 0.6) is 0 Å². The number of alkyl halides is 3. The first-order valence-electron chi connectivity index (χ1n) is 12.4. The lowest BCUT2D eigenvalue weighted by Gasteiger charge is -2.29. The molecule has 4 rings (SSSR count). The highest BCUT2D eigenvalue weighted by atomic mass is 19.4. The van der Waals surface area contributed by atoms with Crippen molar-refractivity contribution in [3.63, 3.8) is 0 Å². The molecule has 1 amide bonds. The number of ketones is 1. The molecule has 38 heavy (non-hydrogen) atoms. The van der Waals surface area contributed by atoms with E-state index in [0.29, 0.717) is 59.4 Å². The van der Waals surface area contributed by atoms with Crippen molar-refractivity contribution < 1.29 is 22.8 Å². The first-order valence-corrected chi connectivity index (χ1v) is 12.4. The maximum atomic E-state index is 13.1. The Bertz CT molecular complexity index is 1410. The van der Waals surface area contributed by atoms with E-state index in [1.54, 1.807) is 29.0 Å². The van der Waals surface area contributed by atoms with Crippen LogP contribution in [-0.2, 0) is 25.6 Å². The van der Waals surface area contributed by atoms with E-state index >= 15 is 0 Å². The van der Waals surface area contributed by atoms with E-state index in [1.807, 2.05) is 13.8 Å². The number of amides is 1. The first kappa shape index (κ1) is 27.2. The van der Waals surface area contributed by atoms with Crippen LogP contribution < -0.4 is 5.73 Å². The maximum Gasteiger partial charge on any atom is 0.416 e. The SMILES string of the molecule is C=CCCc1nn(-c2ccc(C(=O)N(C)Cc3cccc(C(F)(F)F)c3)cc2N)c2c1C(=O)CC(C)(C)C2. The Morgan fingerprint density at radius 3 is 2.61 bits per heavy atom. The molecule has 6 nitrogen and oxygen atoms in total. The number of carbonyl (C=O) groups excluding carboxylic acids is 2. The van der Waals surface area contributed by atoms with Gasteiger partial charge in [0.1, 0.15) is 0 Å². The van der Waals surface area contributed by atoms with Gasteiger partial charge < -0.3 is 10.6 Å². The van der Waals surface area contributed by atoms with Crippen molar-refractivity contribution in [2.24, 2.45) is 5.41 Å². The second-order valence-electron chi connectivity index (χ2n) is 10.6. The van der Waals surface area contributed by atoms with Gasteiger partial charge in [-0.25, -0.2) is 4.68 Å². The summed E-state index contributed by atoms with van der Waals surface area (Å²) in [4.78, 5) is 27.5. The molecule has 2 N–H and O–H groups in total. The number of benzene rings is 2. The number of halogens is 3. The lowest BCUT2D eigenvalue weighted by molar-refractivity contribution is -0.137. The molecule has 0 bridgehead atoms. The van der Waals surface area contributed by atoms with E-state index in [4.69, 9.17) is 10.8 Å². The molecule has 0 unspecified atom stereocenters. The van der Waals surface area contributed by atoms with Gasteiger partial charge in [-0.15, -0.1) is 6.58 Å². The van der Waals surface area contributed by atoms with E-state index < -0.39 is 11.7 Å². The predicted octanol–water partition coefficient (Wildman–Crippen LogP) is 6.02. The molecule has 0 spiro atoms. The van der Waals surface area contributed by atoms with Gasteiger partial charge >= 0.3 is 6.18 Å². The van der Waals surface area contributed by atoms with Crippen molar-refractivity contribution in [1.29, 1.82) is 0 Å². The maximum absolute atomic E-state index is 13.1. The number of allylic oxidation sites excluding steroid dienone is 1. The van der Waals surface area contributed by atoms with Crippen LogP contribution >= 0.6 is 0 Å². The molecule has 0 radical (unpaired) electrons. The van der Waals surface area contributed by atoms with Crippen LogP contribution in [0.1, 0.15) is 69.9 Å². The van der Waals surface area contributed by atoms with Gasteiger partial charge in [0.05, 0.1) is 33.9 Å². The number of fused-ring (bicyclic) bond motifs is 1. The summed E-state index contributed by atoms with van der Waals surface area (Å²) in [7, 11) is 1.52. The molecule has 0 atom stereocenters. The second kappa shape index (κ2) is 10.1. The number of aromatic nitrogens is 2. The lowest BCUT2D eigenvalue weighted by atomic mass is 9.75. The average molecular weight is 525 g/mol. The monoisotopic (exact) mass is 524 g/mol. The molecule has 200 valence electrons. The third kappa shape index (κ3) is 5.51. The summed E-state index contributed by atoms with van der Waals surface area (Å²) >= 11 is 0. The smallest absolute Gasteiger partial charge is 0.397 e. The fourth-order valence-electron chi connectivity index (χ4n) is 4.93. The Morgan fingerprint density at radius 1 is 1.21 bits per heavy atom. The molecule has 0 aliphatic heterocycles. The number of hydrogen-bond acceptors (Lipinski definition) is 4. The molecular weight excluding hydrogens is 493 g/mol. The lowest BCUT2D eigenvalue weighted by Crippen LogP contribution is -2.28. The number of nitrogens with zero attached hydrogens (tertiary/aromatic N) is 3. The van der Waals surface area contributed by atoms with Crippen molar-refractivity contribution in [3.8, 4) is 5.69 Å². The summed E-state index contributed by atoms with van der Waals surface area (Å²) in [5, 5.41) is 4.75. The Labute approximate surface area is 219 Å². The van der Waals surface area contributed by atoms with Gasteiger partial charge in [0.2, 0.25) is 0 Å². The van der Waals surface area contributed by atoms with Crippen molar-refractivity contribution in [2.75, 3.05) is 12.8 Å². The zero-order chi connectivity index (χ0) is 27.8. The summed E-state index contributed by atoms with van der Waals surface area (Å²) in [6.07, 6.45) is -0.320. The van der Waals surface area contributed by atoms with Crippen molar-refractivity contribution in [3.05, 3.63) is 88.8 Å². The quantitative estimate of drug-likeness (QED) is 0.303. The predicted molar refractivity (Wildman–Crippen MR) is 140 cm³/mol. The van der Waals surface area contributed by atoms with Crippen LogP contribution in [0.2, 0.25) is 0 Å². The zero-order valence-electron chi connectivity index (χ0n) is 21.7. The second-order valence-corrected chi connectivity index (χ2v) is 10.6. The zero-order valence-corrected chi connectivity index (χ0v) is 21.7.